The van der Waals surface area contributed by atoms with Crippen LogP contribution in [0.15, 0.2) is 33.5 Å². The summed E-state index contributed by atoms with van der Waals surface area (Å²) in [5.41, 5.74) is 1.52. The molecule has 4 rings (SSSR count). The smallest absolute Gasteiger partial charge is 0.408 e. The van der Waals surface area contributed by atoms with Gasteiger partial charge in [-0.3, -0.25) is 9.47 Å². The molecule has 0 N–H and O–H groups in total. The summed E-state index contributed by atoms with van der Waals surface area (Å²) in [6.07, 6.45) is 0.897. The third kappa shape index (κ3) is 3.00. The second kappa shape index (κ2) is 6.48. The molecule has 3 heterocycles. The monoisotopic (exact) mass is 341 g/mol. The summed E-state index contributed by atoms with van der Waals surface area (Å²) >= 11 is 0. The van der Waals surface area contributed by atoms with Crippen LogP contribution in [0.2, 0.25) is 0 Å². The highest BCUT2D eigenvalue weighted by Crippen LogP contribution is 2.18. The maximum absolute atomic E-state index is 12.0. The Morgan fingerprint density at radius 3 is 2.84 bits per heavy atom. The summed E-state index contributed by atoms with van der Waals surface area (Å²) in [7, 11) is 0. The largest absolute Gasteiger partial charge is 0.419 e. The van der Waals surface area contributed by atoms with Crippen LogP contribution in [0.4, 0.5) is 0 Å². The molecule has 7 heteroatoms. The summed E-state index contributed by atoms with van der Waals surface area (Å²) in [5, 5.41) is 8.67. The first-order chi connectivity index (χ1) is 12.1. The minimum Gasteiger partial charge on any atom is -0.408 e. The first kappa shape index (κ1) is 16.1. The Hall–Kier alpha value is -2.41. The number of aromatic nitrogens is 4. The molecule has 0 saturated carbocycles. The van der Waals surface area contributed by atoms with Crippen LogP contribution in [0.1, 0.15) is 37.8 Å². The highest BCUT2D eigenvalue weighted by atomic mass is 16.4. The summed E-state index contributed by atoms with van der Waals surface area (Å²) < 4.78 is 9.25. The molecule has 3 aromatic rings. The standard InChI is InChI=1S/C18H23N5O2/c1-13(2)17-20-19-16-12-21(10-11-23(16)17)8-5-9-22-14-6-3-4-7-15(14)25-18(22)24/h3-4,6-7,13H,5,8-12H2,1-2H3. The van der Waals surface area contributed by atoms with E-state index >= 15 is 0 Å². The Kier molecular flexibility index (Phi) is 4.17. The molecule has 25 heavy (non-hydrogen) atoms. The third-order valence-electron chi connectivity index (χ3n) is 4.81. The molecule has 0 unspecified atom stereocenters. The molecule has 0 radical (unpaired) electrons. The average molecular weight is 341 g/mol. The summed E-state index contributed by atoms with van der Waals surface area (Å²) in [6, 6.07) is 7.57. The van der Waals surface area contributed by atoms with Gasteiger partial charge in [-0.05, 0) is 18.6 Å². The summed E-state index contributed by atoms with van der Waals surface area (Å²) in [5.74, 6) is 2.24. The van der Waals surface area contributed by atoms with Gasteiger partial charge in [0.15, 0.2) is 5.58 Å². The molecular weight excluding hydrogens is 318 g/mol. The molecule has 1 aliphatic rings. The van der Waals surface area contributed by atoms with Gasteiger partial charge in [0.25, 0.3) is 0 Å². The van der Waals surface area contributed by atoms with Gasteiger partial charge >= 0.3 is 5.76 Å². The van der Waals surface area contributed by atoms with E-state index in [1.54, 1.807) is 4.57 Å². The normalized spacial score (nSPS) is 15.2. The van der Waals surface area contributed by atoms with Crippen molar-refractivity contribution in [1.29, 1.82) is 0 Å². The van der Waals surface area contributed by atoms with Gasteiger partial charge in [0.1, 0.15) is 11.6 Å². The van der Waals surface area contributed by atoms with E-state index in [1.807, 2.05) is 24.3 Å². The average Bonchev–Trinajstić information content (AvgIpc) is 3.16. The Bertz CT molecular complexity index is 936. The van der Waals surface area contributed by atoms with E-state index in [-0.39, 0.29) is 5.76 Å². The molecule has 0 amide bonds. The van der Waals surface area contributed by atoms with Crippen molar-refractivity contribution in [2.75, 3.05) is 13.1 Å². The molecule has 1 aliphatic heterocycles. The molecular formula is C18H23N5O2. The molecule has 0 saturated heterocycles. The van der Waals surface area contributed by atoms with Crippen molar-refractivity contribution < 1.29 is 4.42 Å². The van der Waals surface area contributed by atoms with Crippen molar-refractivity contribution in [3.8, 4) is 0 Å². The van der Waals surface area contributed by atoms with Gasteiger partial charge in [-0.2, -0.15) is 0 Å². The van der Waals surface area contributed by atoms with E-state index < -0.39 is 0 Å². The second-order valence-electron chi connectivity index (χ2n) is 6.90. The number of rotatable bonds is 5. The number of para-hydroxylation sites is 2. The third-order valence-corrected chi connectivity index (χ3v) is 4.81. The number of nitrogens with zero attached hydrogens (tertiary/aromatic N) is 5. The van der Waals surface area contributed by atoms with Crippen molar-refractivity contribution in [2.24, 2.45) is 0 Å². The van der Waals surface area contributed by atoms with Crippen LogP contribution in [-0.2, 0) is 19.6 Å². The molecule has 0 spiro atoms. The highest BCUT2D eigenvalue weighted by molar-refractivity contribution is 5.72. The number of hydrogen-bond acceptors (Lipinski definition) is 5. The van der Waals surface area contributed by atoms with Crippen molar-refractivity contribution in [1.82, 2.24) is 24.2 Å². The number of aryl methyl sites for hydroxylation is 1. The van der Waals surface area contributed by atoms with Gasteiger partial charge in [-0.25, -0.2) is 4.79 Å². The van der Waals surface area contributed by atoms with Crippen LogP contribution in [0.5, 0.6) is 0 Å². The van der Waals surface area contributed by atoms with Crippen molar-refractivity contribution in [2.45, 2.75) is 45.8 Å². The van der Waals surface area contributed by atoms with Crippen LogP contribution in [0.3, 0.4) is 0 Å². The van der Waals surface area contributed by atoms with Crippen molar-refractivity contribution >= 4 is 11.1 Å². The molecule has 7 nitrogen and oxygen atoms in total. The van der Waals surface area contributed by atoms with Crippen LogP contribution in [0, 0.1) is 0 Å². The van der Waals surface area contributed by atoms with E-state index in [2.05, 4.69) is 33.5 Å². The predicted molar refractivity (Wildman–Crippen MR) is 94.5 cm³/mol. The molecule has 0 bridgehead atoms. The molecule has 1 aromatic carbocycles. The Morgan fingerprint density at radius 1 is 1.16 bits per heavy atom. The summed E-state index contributed by atoms with van der Waals surface area (Å²) in [4.78, 5) is 14.4. The number of benzene rings is 1. The van der Waals surface area contributed by atoms with E-state index in [1.165, 1.54) is 0 Å². The van der Waals surface area contributed by atoms with E-state index in [0.29, 0.717) is 18.0 Å². The van der Waals surface area contributed by atoms with Gasteiger partial charge in [0.2, 0.25) is 0 Å². The zero-order chi connectivity index (χ0) is 17.4. The minimum absolute atomic E-state index is 0.277. The molecule has 132 valence electrons. The van der Waals surface area contributed by atoms with Crippen LogP contribution < -0.4 is 5.76 Å². The van der Waals surface area contributed by atoms with E-state index in [0.717, 1.165) is 49.8 Å². The Balaban J connectivity index is 1.39. The topological polar surface area (TPSA) is 69.1 Å². The SMILES string of the molecule is CC(C)c1nnc2n1CCN(CCCn1c(=O)oc3ccccc31)C2. The van der Waals surface area contributed by atoms with E-state index in [4.69, 9.17) is 4.42 Å². The minimum atomic E-state index is -0.277. The summed E-state index contributed by atoms with van der Waals surface area (Å²) in [6.45, 7) is 8.64. The quantitative estimate of drug-likeness (QED) is 0.712. The lowest BCUT2D eigenvalue weighted by Crippen LogP contribution is -2.35. The lowest BCUT2D eigenvalue weighted by Gasteiger charge is -2.28. The van der Waals surface area contributed by atoms with Gasteiger partial charge in [-0.15, -0.1) is 10.2 Å². The predicted octanol–water partition coefficient (Wildman–Crippen LogP) is 2.22. The van der Waals surface area contributed by atoms with Gasteiger partial charge < -0.3 is 8.98 Å². The first-order valence-electron chi connectivity index (χ1n) is 8.86. The zero-order valence-corrected chi connectivity index (χ0v) is 14.7. The number of hydrogen-bond donors (Lipinski definition) is 0. The van der Waals surface area contributed by atoms with E-state index in [9.17, 15) is 4.79 Å². The lowest BCUT2D eigenvalue weighted by molar-refractivity contribution is 0.209. The number of oxazole rings is 1. The fourth-order valence-corrected chi connectivity index (χ4v) is 3.53. The molecule has 0 fully saturated rings. The number of fused-ring (bicyclic) bond motifs is 2. The molecule has 0 atom stereocenters. The van der Waals surface area contributed by atoms with Gasteiger partial charge in [0.05, 0.1) is 12.1 Å². The fourth-order valence-electron chi connectivity index (χ4n) is 3.53. The van der Waals surface area contributed by atoms with Crippen LogP contribution >= 0.6 is 0 Å². The van der Waals surface area contributed by atoms with Crippen molar-refractivity contribution in [3.63, 3.8) is 0 Å². The van der Waals surface area contributed by atoms with Gasteiger partial charge in [-0.1, -0.05) is 26.0 Å². The Morgan fingerprint density at radius 2 is 2.00 bits per heavy atom. The second-order valence-corrected chi connectivity index (χ2v) is 6.90. The molecule has 0 aliphatic carbocycles. The molecule has 2 aromatic heterocycles. The lowest BCUT2D eigenvalue weighted by atomic mass is 10.2. The zero-order valence-electron chi connectivity index (χ0n) is 14.7. The maximum atomic E-state index is 12.0. The van der Waals surface area contributed by atoms with Gasteiger partial charge in [0, 0.05) is 32.1 Å². The maximum Gasteiger partial charge on any atom is 0.419 e. The fraction of sp³-hybridized carbons (Fsp3) is 0.500. The van der Waals surface area contributed by atoms with Crippen LogP contribution in [0.25, 0.3) is 11.1 Å². The highest BCUT2D eigenvalue weighted by Gasteiger charge is 2.22. The Labute approximate surface area is 145 Å². The van der Waals surface area contributed by atoms with Crippen LogP contribution in [-0.4, -0.2) is 37.3 Å². The van der Waals surface area contributed by atoms with Crippen molar-refractivity contribution in [3.05, 3.63) is 46.5 Å². The first-order valence-corrected chi connectivity index (χ1v) is 8.86.